The summed E-state index contributed by atoms with van der Waals surface area (Å²) in [6.07, 6.45) is 1.11. The smallest absolute Gasteiger partial charge is 0.0452 e. The van der Waals surface area contributed by atoms with Crippen LogP contribution in [0.25, 0.3) is 0 Å². The van der Waals surface area contributed by atoms with Gasteiger partial charge in [-0.05, 0) is 51.0 Å². The normalized spacial score (nSPS) is 26.7. The minimum atomic E-state index is 0.125. The third-order valence-corrected chi connectivity index (χ3v) is 5.03. The molecule has 0 radical (unpaired) electrons. The Morgan fingerprint density at radius 3 is 2.60 bits per heavy atom. The van der Waals surface area contributed by atoms with Gasteiger partial charge in [0.05, 0.1) is 0 Å². The maximum absolute atomic E-state index is 6.32. The maximum atomic E-state index is 6.32. The van der Waals surface area contributed by atoms with Crippen molar-refractivity contribution in [2.24, 2.45) is 0 Å². The van der Waals surface area contributed by atoms with E-state index in [4.69, 9.17) is 23.2 Å². The number of nitrogens with one attached hydrogen (secondary N) is 1. The quantitative estimate of drug-likeness (QED) is 0.892. The summed E-state index contributed by atoms with van der Waals surface area (Å²) in [4.78, 5) is 2.53. The van der Waals surface area contributed by atoms with E-state index in [9.17, 15) is 0 Å². The molecule has 0 aliphatic carbocycles. The van der Waals surface area contributed by atoms with E-state index in [1.807, 2.05) is 18.2 Å². The van der Waals surface area contributed by atoms with Gasteiger partial charge in [0.1, 0.15) is 0 Å². The fourth-order valence-electron chi connectivity index (χ4n) is 2.73. The van der Waals surface area contributed by atoms with Crippen molar-refractivity contribution in [3.8, 4) is 0 Å². The molecule has 0 aromatic heterocycles. The van der Waals surface area contributed by atoms with Crippen LogP contribution >= 0.6 is 23.2 Å². The van der Waals surface area contributed by atoms with Gasteiger partial charge in [0.2, 0.25) is 0 Å². The van der Waals surface area contributed by atoms with Crippen LogP contribution < -0.4 is 5.32 Å². The van der Waals surface area contributed by atoms with Gasteiger partial charge in [-0.15, -0.1) is 0 Å². The van der Waals surface area contributed by atoms with Crippen molar-refractivity contribution >= 4 is 23.2 Å². The molecule has 1 unspecified atom stereocenters. The van der Waals surface area contributed by atoms with E-state index in [1.54, 1.807) is 0 Å². The molecule has 1 atom stereocenters. The molecule has 1 aromatic carbocycles. The van der Waals surface area contributed by atoms with Crippen LogP contribution in [0.15, 0.2) is 18.2 Å². The van der Waals surface area contributed by atoms with Crippen LogP contribution in [0.4, 0.5) is 0 Å². The van der Waals surface area contributed by atoms with Gasteiger partial charge in [0, 0.05) is 40.8 Å². The van der Waals surface area contributed by atoms with Crippen molar-refractivity contribution in [1.29, 1.82) is 0 Å². The predicted octanol–water partition coefficient (Wildman–Crippen LogP) is 4.35. The molecule has 4 heteroatoms. The molecule has 1 aliphatic rings. The Hall–Kier alpha value is -0.280. The van der Waals surface area contributed by atoms with E-state index >= 15 is 0 Å². The predicted molar refractivity (Wildman–Crippen MR) is 87.6 cm³/mol. The third-order valence-electron chi connectivity index (χ3n) is 4.43. The third kappa shape index (κ3) is 3.48. The summed E-state index contributed by atoms with van der Waals surface area (Å²) in [5.41, 5.74) is 1.39. The van der Waals surface area contributed by atoms with E-state index in [2.05, 4.69) is 37.9 Å². The summed E-state index contributed by atoms with van der Waals surface area (Å²) in [6, 6.07) is 5.71. The van der Waals surface area contributed by atoms with E-state index in [1.165, 1.54) is 0 Å². The SMILES string of the molecule is CCC1(C)CNC(C)(C)CN1Cc1cc(Cl)ccc1Cl. The Bertz CT molecular complexity index is 487. The number of nitrogens with zero attached hydrogens (tertiary/aromatic N) is 1. The van der Waals surface area contributed by atoms with Crippen LogP contribution in [0.3, 0.4) is 0 Å². The molecule has 1 fully saturated rings. The largest absolute Gasteiger partial charge is 0.309 e. The maximum Gasteiger partial charge on any atom is 0.0452 e. The van der Waals surface area contributed by atoms with Gasteiger partial charge < -0.3 is 5.32 Å². The molecule has 0 bridgehead atoms. The lowest BCUT2D eigenvalue weighted by atomic mass is 9.87. The standard InChI is InChI=1S/C16H24Cl2N2/c1-5-16(4)10-19-15(2,3)11-20(16)9-12-8-13(17)6-7-14(12)18/h6-8,19H,5,9-11H2,1-4H3. The van der Waals surface area contributed by atoms with Gasteiger partial charge in [-0.1, -0.05) is 30.1 Å². The molecule has 1 aromatic rings. The summed E-state index contributed by atoms with van der Waals surface area (Å²) >= 11 is 12.4. The Morgan fingerprint density at radius 2 is 1.95 bits per heavy atom. The molecular weight excluding hydrogens is 291 g/mol. The van der Waals surface area contributed by atoms with Crippen molar-refractivity contribution in [2.75, 3.05) is 13.1 Å². The van der Waals surface area contributed by atoms with Crippen molar-refractivity contribution < 1.29 is 0 Å². The minimum Gasteiger partial charge on any atom is -0.309 e. The van der Waals surface area contributed by atoms with Crippen molar-refractivity contribution in [1.82, 2.24) is 10.2 Å². The average Bonchev–Trinajstić information content (AvgIpc) is 2.38. The number of benzene rings is 1. The topological polar surface area (TPSA) is 15.3 Å². The second-order valence-electron chi connectivity index (χ2n) is 6.68. The first-order valence-electron chi connectivity index (χ1n) is 7.20. The summed E-state index contributed by atoms with van der Waals surface area (Å²) < 4.78 is 0. The highest BCUT2D eigenvalue weighted by atomic mass is 35.5. The molecule has 1 N–H and O–H groups in total. The van der Waals surface area contributed by atoms with Crippen LogP contribution in [0.5, 0.6) is 0 Å². The molecule has 0 saturated carbocycles. The summed E-state index contributed by atoms with van der Waals surface area (Å²) in [5, 5.41) is 5.18. The fourth-order valence-corrected chi connectivity index (χ4v) is 3.10. The van der Waals surface area contributed by atoms with Gasteiger partial charge in [0.25, 0.3) is 0 Å². The lowest BCUT2D eigenvalue weighted by Gasteiger charge is -2.51. The molecule has 1 heterocycles. The van der Waals surface area contributed by atoms with Gasteiger partial charge >= 0.3 is 0 Å². The first-order valence-corrected chi connectivity index (χ1v) is 7.95. The number of rotatable bonds is 3. The lowest BCUT2D eigenvalue weighted by Crippen LogP contribution is -2.66. The molecule has 2 nitrogen and oxygen atoms in total. The zero-order chi connectivity index (χ0) is 15.0. The summed E-state index contributed by atoms with van der Waals surface area (Å²) in [5.74, 6) is 0. The Morgan fingerprint density at radius 1 is 1.25 bits per heavy atom. The Kier molecular flexibility index (Phi) is 4.70. The van der Waals surface area contributed by atoms with Crippen LogP contribution in [0.1, 0.15) is 39.7 Å². The van der Waals surface area contributed by atoms with Crippen LogP contribution in [0, 0.1) is 0 Å². The summed E-state index contributed by atoms with van der Waals surface area (Å²) in [6.45, 7) is 11.9. The average molecular weight is 315 g/mol. The molecule has 112 valence electrons. The zero-order valence-corrected chi connectivity index (χ0v) is 14.3. The Labute approximate surface area is 132 Å². The van der Waals surface area contributed by atoms with Crippen molar-refractivity contribution in [3.63, 3.8) is 0 Å². The molecule has 2 rings (SSSR count). The Balaban J connectivity index is 2.25. The number of halogens is 2. The zero-order valence-electron chi connectivity index (χ0n) is 12.8. The van der Waals surface area contributed by atoms with Crippen LogP contribution in [-0.2, 0) is 6.54 Å². The van der Waals surface area contributed by atoms with E-state index < -0.39 is 0 Å². The minimum absolute atomic E-state index is 0.125. The second kappa shape index (κ2) is 5.84. The van der Waals surface area contributed by atoms with Crippen LogP contribution in [0.2, 0.25) is 10.0 Å². The second-order valence-corrected chi connectivity index (χ2v) is 7.52. The highest BCUT2D eigenvalue weighted by Crippen LogP contribution is 2.30. The number of hydrogen-bond acceptors (Lipinski definition) is 2. The van der Waals surface area contributed by atoms with E-state index in [-0.39, 0.29) is 11.1 Å². The van der Waals surface area contributed by atoms with E-state index in [0.717, 1.165) is 41.7 Å². The molecule has 0 spiro atoms. The first-order chi connectivity index (χ1) is 9.26. The molecule has 20 heavy (non-hydrogen) atoms. The molecular formula is C16H24Cl2N2. The fraction of sp³-hybridized carbons (Fsp3) is 0.625. The van der Waals surface area contributed by atoms with Crippen molar-refractivity contribution in [2.45, 2.75) is 51.7 Å². The molecule has 1 aliphatic heterocycles. The number of hydrogen-bond donors (Lipinski definition) is 1. The summed E-state index contributed by atoms with van der Waals surface area (Å²) in [7, 11) is 0. The van der Waals surface area contributed by atoms with Gasteiger partial charge in [-0.25, -0.2) is 0 Å². The van der Waals surface area contributed by atoms with Crippen LogP contribution in [-0.4, -0.2) is 29.1 Å². The molecule has 0 amide bonds. The number of piperazine rings is 1. The first kappa shape index (κ1) is 16.1. The van der Waals surface area contributed by atoms with Crippen molar-refractivity contribution in [3.05, 3.63) is 33.8 Å². The monoisotopic (exact) mass is 314 g/mol. The highest BCUT2D eigenvalue weighted by molar-refractivity contribution is 6.33. The van der Waals surface area contributed by atoms with Gasteiger partial charge in [0.15, 0.2) is 0 Å². The highest BCUT2D eigenvalue weighted by Gasteiger charge is 2.39. The van der Waals surface area contributed by atoms with Gasteiger partial charge in [-0.3, -0.25) is 4.90 Å². The van der Waals surface area contributed by atoms with Gasteiger partial charge in [-0.2, -0.15) is 0 Å². The van der Waals surface area contributed by atoms with E-state index in [0.29, 0.717) is 0 Å². The molecule has 1 saturated heterocycles. The lowest BCUT2D eigenvalue weighted by molar-refractivity contribution is 0.0175.